The van der Waals surface area contributed by atoms with Gasteiger partial charge in [0.2, 0.25) is 0 Å². The largest absolute Gasteiger partial charge is 0.292 e. The van der Waals surface area contributed by atoms with Crippen LogP contribution >= 0.6 is 15.9 Å². The number of aromatic nitrogens is 2. The summed E-state index contributed by atoms with van der Waals surface area (Å²) in [6.07, 6.45) is 0. The zero-order valence-corrected chi connectivity index (χ0v) is 10.1. The summed E-state index contributed by atoms with van der Waals surface area (Å²) in [6, 6.07) is 3.53. The molecule has 1 rings (SSSR count). The van der Waals surface area contributed by atoms with E-state index in [4.69, 9.17) is 0 Å². The Morgan fingerprint density at radius 1 is 1.36 bits per heavy atom. The number of rotatable bonds is 2. The molecule has 0 aliphatic carbocycles. The highest BCUT2D eigenvalue weighted by Gasteiger charge is 2.24. The maximum atomic E-state index is 11.8. The van der Waals surface area contributed by atoms with E-state index in [0.717, 1.165) is 5.69 Å². The van der Waals surface area contributed by atoms with Crippen molar-refractivity contribution in [3.05, 3.63) is 23.5 Å². The van der Waals surface area contributed by atoms with E-state index in [9.17, 15) is 4.79 Å². The van der Waals surface area contributed by atoms with Gasteiger partial charge in [-0.2, -0.15) is 5.10 Å². The second kappa shape index (κ2) is 4.17. The maximum absolute atomic E-state index is 11.8. The average Bonchev–Trinajstić information content (AvgIpc) is 2.15. The fourth-order valence-electron chi connectivity index (χ4n) is 0.936. The molecule has 0 aliphatic heterocycles. The second-order valence-corrected chi connectivity index (χ2v) is 4.68. The Bertz CT molecular complexity index is 327. The van der Waals surface area contributed by atoms with E-state index in [0.29, 0.717) is 11.0 Å². The third kappa shape index (κ3) is 2.61. The monoisotopic (exact) mass is 256 g/mol. The van der Waals surface area contributed by atoms with Gasteiger partial charge in [-0.05, 0) is 12.1 Å². The van der Waals surface area contributed by atoms with Gasteiger partial charge in [-0.3, -0.25) is 4.79 Å². The summed E-state index contributed by atoms with van der Waals surface area (Å²) in [7, 11) is 0. The number of hydrogen-bond acceptors (Lipinski definition) is 3. The third-order valence-corrected chi connectivity index (χ3v) is 2.35. The van der Waals surface area contributed by atoms with Crippen molar-refractivity contribution in [2.24, 2.45) is 5.41 Å². The van der Waals surface area contributed by atoms with Crippen LogP contribution in [0.4, 0.5) is 0 Å². The number of alkyl halides is 1. The lowest BCUT2D eigenvalue weighted by Gasteiger charge is -2.15. The predicted molar refractivity (Wildman–Crippen MR) is 58.4 cm³/mol. The molecule has 0 atom stereocenters. The third-order valence-electron chi connectivity index (χ3n) is 1.77. The molecule has 0 N–H and O–H groups in total. The van der Waals surface area contributed by atoms with Crippen molar-refractivity contribution >= 4 is 21.7 Å². The number of carbonyl (C=O) groups excluding carboxylic acids is 1. The lowest BCUT2D eigenvalue weighted by molar-refractivity contribution is 0.0851. The van der Waals surface area contributed by atoms with Gasteiger partial charge in [0, 0.05) is 10.7 Å². The normalized spacial score (nSPS) is 11.4. The molecule has 14 heavy (non-hydrogen) atoms. The molecular formula is C10H13BrN2O. The molecule has 3 nitrogen and oxygen atoms in total. The summed E-state index contributed by atoms with van der Waals surface area (Å²) < 4.78 is 0. The Morgan fingerprint density at radius 2 is 2.00 bits per heavy atom. The van der Waals surface area contributed by atoms with E-state index in [1.807, 2.05) is 20.8 Å². The van der Waals surface area contributed by atoms with Crippen LogP contribution in [0.1, 0.15) is 37.0 Å². The topological polar surface area (TPSA) is 42.9 Å². The summed E-state index contributed by atoms with van der Waals surface area (Å²) in [6.45, 7) is 5.61. The first-order valence-corrected chi connectivity index (χ1v) is 5.50. The highest BCUT2D eigenvalue weighted by atomic mass is 79.9. The van der Waals surface area contributed by atoms with Crippen LogP contribution in [0.2, 0.25) is 0 Å². The van der Waals surface area contributed by atoms with Crippen molar-refractivity contribution < 1.29 is 4.79 Å². The zero-order valence-electron chi connectivity index (χ0n) is 8.54. The highest BCUT2D eigenvalue weighted by molar-refractivity contribution is 9.08. The van der Waals surface area contributed by atoms with Crippen molar-refractivity contribution in [1.82, 2.24) is 10.2 Å². The summed E-state index contributed by atoms with van der Waals surface area (Å²) in [4.78, 5) is 11.8. The van der Waals surface area contributed by atoms with E-state index in [-0.39, 0.29) is 5.78 Å². The molecule has 0 aliphatic rings. The minimum absolute atomic E-state index is 0.0196. The van der Waals surface area contributed by atoms with Crippen molar-refractivity contribution in [2.45, 2.75) is 26.1 Å². The van der Waals surface area contributed by atoms with E-state index in [1.54, 1.807) is 12.1 Å². The zero-order chi connectivity index (χ0) is 10.8. The number of carbonyl (C=O) groups is 1. The van der Waals surface area contributed by atoms with Crippen LogP contribution in [0.3, 0.4) is 0 Å². The standard InChI is InChI=1S/C10H13BrN2O/c1-10(2,3)9(14)8-5-4-7(6-11)12-13-8/h4-5H,6H2,1-3H3. The Morgan fingerprint density at radius 3 is 2.36 bits per heavy atom. The van der Waals surface area contributed by atoms with E-state index >= 15 is 0 Å². The average molecular weight is 257 g/mol. The molecule has 0 aromatic carbocycles. The number of halogens is 1. The number of hydrogen-bond donors (Lipinski definition) is 0. The van der Waals surface area contributed by atoms with Gasteiger partial charge in [0.05, 0.1) is 5.69 Å². The molecule has 1 aromatic heterocycles. The Balaban J connectivity index is 2.93. The lowest BCUT2D eigenvalue weighted by Crippen LogP contribution is -2.21. The first-order valence-electron chi connectivity index (χ1n) is 4.38. The van der Waals surface area contributed by atoms with Gasteiger partial charge in [-0.15, -0.1) is 5.10 Å². The first-order chi connectivity index (χ1) is 6.45. The Kier molecular flexibility index (Phi) is 3.37. The molecule has 0 bridgehead atoms. The molecule has 0 amide bonds. The van der Waals surface area contributed by atoms with Crippen molar-refractivity contribution in [1.29, 1.82) is 0 Å². The Labute approximate surface area is 92.1 Å². The fraction of sp³-hybridized carbons (Fsp3) is 0.500. The van der Waals surface area contributed by atoms with Crippen LogP contribution in [0, 0.1) is 5.41 Å². The smallest absolute Gasteiger partial charge is 0.188 e. The van der Waals surface area contributed by atoms with Crippen LogP contribution in [-0.2, 0) is 5.33 Å². The quantitative estimate of drug-likeness (QED) is 0.604. The van der Waals surface area contributed by atoms with Gasteiger partial charge in [0.25, 0.3) is 0 Å². The summed E-state index contributed by atoms with van der Waals surface area (Å²) in [5.41, 5.74) is 0.864. The number of nitrogens with zero attached hydrogens (tertiary/aromatic N) is 2. The Hall–Kier alpha value is -0.770. The van der Waals surface area contributed by atoms with E-state index < -0.39 is 5.41 Å². The minimum atomic E-state index is -0.398. The van der Waals surface area contributed by atoms with Gasteiger partial charge < -0.3 is 0 Å². The second-order valence-electron chi connectivity index (χ2n) is 4.12. The molecule has 0 fully saturated rings. The number of ketones is 1. The van der Waals surface area contributed by atoms with Crippen molar-refractivity contribution in [3.63, 3.8) is 0 Å². The molecule has 0 unspecified atom stereocenters. The molecule has 4 heteroatoms. The molecule has 0 radical (unpaired) electrons. The maximum Gasteiger partial charge on any atom is 0.188 e. The predicted octanol–water partition coefficient (Wildman–Crippen LogP) is 2.60. The van der Waals surface area contributed by atoms with Gasteiger partial charge in [-0.1, -0.05) is 36.7 Å². The number of Topliss-reactive ketones (excluding diaryl/α,β-unsaturated/α-hetero) is 1. The molecular weight excluding hydrogens is 244 g/mol. The highest BCUT2D eigenvalue weighted by Crippen LogP contribution is 2.19. The van der Waals surface area contributed by atoms with Gasteiger partial charge in [0.1, 0.15) is 5.69 Å². The minimum Gasteiger partial charge on any atom is -0.292 e. The molecule has 76 valence electrons. The SMILES string of the molecule is CC(C)(C)C(=O)c1ccc(CBr)nn1. The first kappa shape index (κ1) is 11.3. The van der Waals surface area contributed by atoms with Gasteiger partial charge in [0.15, 0.2) is 5.78 Å². The van der Waals surface area contributed by atoms with Crippen molar-refractivity contribution in [2.75, 3.05) is 0 Å². The van der Waals surface area contributed by atoms with Crippen LogP contribution in [0.5, 0.6) is 0 Å². The van der Waals surface area contributed by atoms with Crippen LogP contribution in [-0.4, -0.2) is 16.0 Å². The van der Waals surface area contributed by atoms with Crippen LogP contribution < -0.4 is 0 Å². The lowest BCUT2D eigenvalue weighted by atomic mass is 9.89. The summed E-state index contributed by atoms with van der Waals surface area (Å²) >= 11 is 3.27. The van der Waals surface area contributed by atoms with Crippen LogP contribution in [0.15, 0.2) is 12.1 Å². The molecule has 0 saturated carbocycles. The molecule has 0 spiro atoms. The van der Waals surface area contributed by atoms with E-state index in [2.05, 4.69) is 26.1 Å². The molecule has 0 saturated heterocycles. The fourth-order valence-corrected chi connectivity index (χ4v) is 1.24. The summed E-state index contributed by atoms with van der Waals surface area (Å²) in [5.74, 6) is 0.0196. The van der Waals surface area contributed by atoms with Gasteiger partial charge in [-0.25, -0.2) is 0 Å². The van der Waals surface area contributed by atoms with Crippen LogP contribution in [0.25, 0.3) is 0 Å². The molecule has 1 aromatic rings. The van der Waals surface area contributed by atoms with E-state index in [1.165, 1.54) is 0 Å². The van der Waals surface area contributed by atoms with Gasteiger partial charge >= 0.3 is 0 Å². The summed E-state index contributed by atoms with van der Waals surface area (Å²) in [5, 5.41) is 8.46. The molecule has 1 heterocycles. The van der Waals surface area contributed by atoms with Crippen molar-refractivity contribution in [3.8, 4) is 0 Å².